The van der Waals surface area contributed by atoms with Gasteiger partial charge in [0.1, 0.15) is 0 Å². The molecule has 0 aliphatic carbocycles. The zero-order chi connectivity index (χ0) is 10.7. The lowest BCUT2D eigenvalue weighted by molar-refractivity contribution is 0.312. The molecule has 2 heterocycles. The van der Waals surface area contributed by atoms with Crippen molar-refractivity contribution < 1.29 is 0 Å². The summed E-state index contributed by atoms with van der Waals surface area (Å²) >= 11 is 0. The third kappa shape index (κ3) is 2.56. The maximum absolute atomic E-state index is 11.4. The molecule has 82 valence electrons. The fraction of sp³-hybridized carbons (Fsp3) is 0.600. The Labute approximate surface area is 88.5 Å². The van der Waals surface area contributed by atoms with Gasteiger partial charge in [0.15, 0.2) is 0 Å². The largest absolute Gasteiger partial charge is 0.397 e. The number of nitrogen functional groups attached to an aromatic ring is 1. The van der Waals surface area contributed by atoms with Gasteiger partial charge < -0.3 is 10.6 Å². The molecule has 0 unspecified atom stereocenters. The van der Waals surface area contributed by atoms with Crippen molar-refractivity contribution in [3.05, 3.63) is 22.6 Å². The highest BCUT2D eigenvalue weighted by Gasteiger charge is 2.11. The zero-order valence-corrected chi connectivity index (χ0v) is 8.72. The van der Waals surface area contributed by atoms with Gasteiger partial charge in [-0.25, -0.2) is 4.68 Å². The van der Waals surface area contributed by atoms with Crippen molar-refractivity contribution in [1.29, 1.82) is 0 Å². The first-order valence-corrected chi connectivity index (χ1v) is 5.31. The van der Waals surface area contributed by atoms with Crippen molar-refractivity contribution in [3.8, 4) is 0 Å². The predicted molar refractivity (Wildman–Crippen MR) is 58.6 cm³/mol. The molecule has 1 aromatic heterocycles. The number of nitrogens with two attached hydrogens (primary N) is 1. The van der Waals surface area contributed by atoms with Crippen LogP contribution in [0, 0.1) is 0 Å². The standard InChI is InChI=1S/C10H16N4O/c11-9-7-10(15)14(12-8-9)6-5-13-3-1-2-4-13/h7-8H,1-6,11H2. The molecule has 5 heteroatoms. The van der Waals surface area contributed by atoms with Gasteiger partial charge >= 0.3 is 0 Å². The molecule has 0 atom stereocenters. The molecule has 1 aliphatic heterocycles. The van der Waals surface area contributed by atoms with Gasteiger partial charge in [-0.05, 0) is 25.9 Å². The Kier molecular flexibility index (Phi) is 3.01. The van der Waals surface area contributed by atoms with Gasteiger partial charge in [0.25, 0.3) is 5.56 Å². The highest BCUT2D eigenvalue weighted by molar-refractivity contribution is 5.31. The average Bonchev–Trinajstić information content (AvgIpc) is 2.69. The fourth-order valence-corrected chi connectivity index (χ4v) is 1.86. The topological polar surface area (TPSA) is 64.2 Å². The van der Waals surface area contributed by atoms with Crippen molar-refractivity contribution in [3.63, 3.8) is 0 Å². The van der Waals surface area contributed by atoms with Crippen LogP contribution in [-0.2, 0) is 6.54 Å². The van der Waals surface area contributed by atoms with Crippen LogP contribution >= 0.6 is 0 Å². The average molecular weight is 208 g/mol. The van der Waals surface area contributed by atoms with Gasteiger partial charge in [0, 0.05) is 12.6 Å². The maximum atomic E-state index is 11.4. The van der Waals surface area contributed by atoms with Gasteiger partial charge in [-0.1, -0.05) is 0 Å². The van der Waals surface area contributed by atoms with E-state index >= 15 is 0 Å². The summed E-state index contributed by atoms with van der Waals surface area (Å²) in [5.41, 5.74) is 5.77. The summed E-state index contributed by atoms with van der Waals surface area (Å²) in [6, 6.07) is 1.41. The minimum Gasteiger partial charge on any atom is -0.397 e. The van der Waals surface area contributed by atoms with Crippen molar-refractivity contribution in [1.82, 2.24) is 14.7 Å². The van der Waals surface area contributed by atoms with Crippen LogP contribution in [0.4, 0.5) is 5.69 Å². The fourth-order valence-electron chi connectivity index (χ4n) is 1.86. The third-order valence-corrected chi connectivity index (χ3v) is 2.72. The molecular weight excluding hydrogens is 192 g/mol. The molecular formula is C10H16N4O. The minimum absolute atomic E-state index is 0.116. The monoisotopic (exact) mass is 208 g/mol. The molecule has 2 N–H and O–H groups in total. The molecule has 1 saturated heterocycles. The lowest BCUT2D eigenvalue weighted by atomic mass is 10.4. The molecule has 15 heavy (non-hydrogen) atoms. The molecule has 0 saturated carbocycles. The number of nitrogens with zero attached hydrogens (tertiary/aromatic N) is 3. The lowest BCUT2D eigenvalue weighted by Gasteiger charge is -2.14. The van der Waals surface area contributed by atoms with Crippen LogP contribution in [0.25, 0.3) is 0 Å². The van der Waals surface area contributed by atoms with E-state index in [2.05, 4.69) is 10.00 Å². The SMILES string of the molecule is Nc1cnn(CCN2CCCC2)c(=O)c1. The molecule has 1 fully saturated rings. The van der Waals surface area contributed by atoms with E-state index in [4.69, 9.17) is 5.73 Å². The van der Waals surface area contributed by atoms with E-state index in [-0.39, 0.29) is 5.56 Å². The van der Waals surface area contributed by atoms with Crippen molar-refractivity contribution in [2.45, 2.75) is 19.4 Å². The van der Waals surface area contributed by atoms with Crippen LogP contribution in [0.15, 0.2) is 17.1 Å². The van der Waals surface area contributed by atoms with E-state index < -0.39 is 0 Å². The predicted octanol–water partition coefficient (Wildman–Crippen LogP) is -0.0787. The van der Waals surface area contributed by atoms with Crippen molar-refractivity contribution in [2.24, 2.45) is 0 Å². The first kappa shape index (κ1) is 10.2. The number of likely N-dealkylation sites (tertiary alicyclic amines) is 1. The molecule has 0 amide bonds. The van der Waals surface area contributed by atoms with Crippen molar-refractivity contribution >= 4 is 5.69 Å². The molecule has 0 aromatic carbocycles. The summed E-state index contributed by atoms with van der Waals surface area (Å²) < 4.78 is 1.47. The van der Waals surface area contributed by atoms with Crippen LogP contribution < -0.4 is 11.3 Å². The Bertz CT molecular complexity index is 381. The smallest absolute Gasteiger partial charge is 0.268 e. The molecule has 0 bridgehead atoms. The molecule has 0 radical (unpaired) electrons. The number of rotatable bonds is 3. The molecule has 2 rings (SSSR count). The Morgan fingerprint density at radius 3 is 2.73 bits per heavy atom. The molecule has 1 aromatic rings. The van der Waals surface area contributed by atoms with Crippen LogP contribution in [0.2, 0.25) is 0 Å². The number of hydrogen-bond acceptors (Lipinski definition) is 4. The quantitative estimate of drug-likeness (QED) is 0.754. The first-order valence-electron chi connectivity index (χ1n) is 5.31. The van der Waals surface area contributed by atoms with Gasteiger partial charge in [0.05, 0.1) is 18.4 Å². The Balaban J connectivity index is 1.95. The molecule has 1 aliphatic rings. The van der Waals surface area contributed by atoms with Gasteiger partial charge in [-0.2, -0.15) is 5.10 Å². The Morgan fingerprint density at radius 2 is 2.07 bits per heavy atom. The van der Waals surface area contributed by atoms with Gasteiger partial charge in [-0.15, -0.1) is 0 Å². The maximum Gasteiger partial charge on any atom is 0.268 e. The normalized spacial score (nSPS) is 17.1. The highest BCUT2D eigenvalue weighted by Crippen LogP contribution is 2.06. The number of anilines is 1. The van der Waals surface area contributed by atoms with E-state index in [0.29, 0.717) is 12.2 Å². The summed E-state index contributed by atoms with van der Waals surface area (Å²) in [5, 5.41) is 3.99. The Hall–Kier alpha value is -1.36. The van der Waals surface area contributed by atoms with E-state index in [0.717, 1.165) is 19.6 Å². The number of hydrogen-bond donors (Lipinski definition) is 1. The van der Waals surface area contributed by atoms with E-state index in [1.807, 2.05) is 0 Å². The van der Waals surface area contributed by atoms with Crippen LogP contribution in [-0.4, -0.2) is 34.3 Å². The van der Waals surface area contributed by atoms with Crippen LogP contribution in [0.1, 0.15) is 12.8 Å². The molecule has 5 nitrogen and oxygen atoms in total. The van der Waals surface area contributed by atoms with Crippen molar-refractivity contribution in [2.75, 3.05) is 25.4 Å². The van der Waals surface area contributed by atoms with E-state index in [1.165, 1.54) is 29.8 Å². The Morgan fingerprint density at radius 1 is 1.33 bits per heavy atom. The second kappa shape index (κ2) is 4.44. The van der Waals surface area contributed by atoms with Gasteiger partial charge in [0.2, 0.25) is 0 Å². The summed E-state index contributed by atoms with van der Waals surface area (Å²) in [4.78, 5) is 13.8. The van der Waals surface area contributed by atoms with Crippen LogP contribution in [0.3, 0.4) is 0 Å². The van der Waals surface area contributed by atoms with E-state index in [1.54, 1.807) is 0 Å². The number of aromatic nitrogens is 2. The zero-order valence-electron chi connectivity index (χ0n) is 8.72. The molecule has 0 spiro atoms. The van der Waals surface area contributed by atoms with Crippen LogP contribution in [0.5, 0.6) is 0 Å². The second-order valence-corrected chi connectivity index (χ2v) is 3.90. The second-order valence-electron chi connectivity index (χ2n) is 3.90. The highest BCUT2D eigenvalue weighted by atomic mass is 16.1. The summed E-state index contributed by atoms with van der Waals surface area (Å²) in [5.74, 6) is 0. The third-order valence-electron chi connectivity index (χ3n) is 2.72. The minimum atomic E-state index is -0.116. The first-order chi connectivity index (χ1) is 7.25. The summed E-state index contributed by atoms with van der Waals surface area (Å²) in [7, 11) is 0. The lowest BCUT2D eigenvalue weighted by Crippen LogP contribution is -2.30. The van der Waals surface area contributed by atoms with Gasteiger partial charge in [-0.3, -0.25) is 4.79 Å². The summed E-state index contributed by atoms with van der Waals surface area (Å²) in [6.07, 6.45) is 4.06. The summed E-state index contributed by atoms with van der Waals surface area (Å²) in [6.45, 7) is 3.84. The van der Waals surface area contributed by atoms with E-state index in [9.17, 15) is 4.79 Å².